The van der Waals surface area contributed by atoms with Crippen LogP contribution in [-0.2, 0) is 97.6 Å². The van der Waals surface area contributed by atoms with Crippen molar-refractivity contribution in [1.29, 1.82) is 0 Å². The standard InChI is InChI=1S/C61H76N12O16/c1-36-46(66-70-62)51(78-32-41-22-12-7-13-23-41)50(76)58(82-36)87-59-55(52(47(67-71-63)37(2)83-59)79-33-42-24-14-8-15-25-42)86-60-56(53(48(68-72-64)38(3)84-60)80-34-43-26-16-9-17-27-43)89-61(31-21-11-20-30-45(75)77-6)57(85-40(5)74)54(49(69-73-65)39(4)88-61)81-35-44-28-18-10-19-29-44/h7-10,12-19,22-29,36-39,46-60,76H,11,20-21,30-35H2,1-6H3/t36-,37-,38-,39-,46-,47-,48-,49-,50+,51+,52+,53+,54+,55+,56+,57+,58-,59-,60-,61-/m1/s1. The van der Waals surface area contributed by atoms with Crippen molar-refractivity contribution in [3.63, 3.8) is 0 Å². The molecule has 8 rings (SSSR count). The fourth-order valence-electron chi connectivity index (χ4n) is 11.6. The van der Waals surface area contributed by atoms with E-state index in [0.29, 0.717) is 18.4 Å². The van der Waals surface area contributed by atoms with Gasteiger partial charge in [0.1, 0.15) is 36.6 Å². The van der Waals surface area contributed by atoms with E-state index in [1.165, 1.54) is 14.0 Å². The number of aliphatic hydroxyl groups excluding tert-OH is 1. The zero-order chi connectivity index (χ0) is 63.3. The highest BCUT2D eigenvalue weighted by atomic mass is 16.8. The third-order valence-corrected chi connectivity index (χ3v) is 15.9. The van der Waals surface area contributed by atoms with Gasteiger partial charge in [-0.25, -0.2) is 0 Å². The average molecular weight is 1230 g/mol. The van der Waals surface area contributed by atoms with E-state index in [2.05, 4.69) is 40.1 Å². The second kappa shape index (κ2) is 33.4. The first kappa shape index (κ1) is 67.5. The highest BCUT2D eigenvalue weighted by molar-refractivity contribution is 5.69. The molecule has 0 aliphatic carbocycles. The molecule has 4 aliphatic rings. The summed E-state index contributed by atoms with van der Waals surface area (Å²) in [5.41, 5.74) is 43.3. The van der Waals surface area contributed by atoms with Crippen molar-refractivity contribution in [2.45, 2.75) is 215 Å². The molecule has 0 aromatic heterocycles. The van der Waals surface area contributed by atoms with Crippen LogP contribution in [0.5, 0.6) is 0 Å². The average Bonchev–Trinajstić information content (AvgIpc) is 0.879. The topological polar surface area (TPSA) is 369 Å². The summed E-state index contributed by atoms with van der Waals surface area (Å²) in [5, 5.41) is 28.8. The Hall–Kier alpha value is -7.42. The van der Waals surface area contributed by atoms with Crippen molar-refractivity contribution < 1.29 is 76.3 Å². The third-order valence-electron chi connectivity index (χ3n) is 15.9. The van der Waals surface area contributed by atoms with E-state index in [1.807, 2.05) is 121 Å². The van der Waals surface area contributed by atoms with Crippen molar-refractivity contribution in [3.05, 3.63) is 185 Å². The lowest BCUT2D eigenvalue weighted by atomic mass is 9.87. The van der Waals surface area contributed by atoms with Crippen LogP contribution in [0.1, 0.15) is 89.0 Å². The molecule has 28 nitrogen and oxygen atoms in total. The number of nitrogens with zero attached hydrogens (tertiary/aromatic N) is 12. The highest BCUT2D eigenvalue weighted by Crippen LogP contribution is 2.45. The largest absolute Gasteiger partial charge is 0.469 e. The van der Waals surface area contributed by atoms with E-state index in [1.54, 1.807) is 27.7 Å². The van der Waals surface area contributed by atoms with Crippen LogP contribution in [0, 0.1) is 0 Å². The van der Waals surface area contributed by atoms with E-state index in [4.69, 9.17) is 61.6 Å². The molecule has 0 unspecified atom stereocenters. The number of esters is 2. The Morgan fingerprint density at radius 3 is 1.34 bits per heavy atom. The summed E-state index contributed by atoms with van der Waals surface area (Å²) in [6, 6.07) is 32.1. The van der Waals surface area contributed by atoms with Gasteiger partial charge in [-0.05, 0) is 84.9 Å². The Morgan fingerprint density at radius 2 is 0.899 bits per heavy atom. The number of carbonyl (C=O) groups is 2. The molecule has 28 heteroatoms. The fraction of sp³-hybridized carbons (Fsp3) is 0.574. The van der Waals surface area contributed by atoms with Gasteiger partial charge < -0.3 is 66.7 Å². The normalized spacial score (nSPS) is 32.6. The number of ether oxygens (including phenoxy) is 13. The van der Waals surface area contributed by atoms with Gasteiger partial charge in [-0.15, -0.1) is 0 Å². The minimum absolute atomic E-state index is 0.0101. The summed E-state index contributed by atoms with van der Waals surface area (Å²) in [6.07, 6.45) is -19.4. The van der Waals surface area contributed by atoms with Crippen LogP contribution >= 0.6 is 0 Å². The first-order valence-electron chi connectivity index (χ1n) is 29.5. The molecule has 89 heavy (non-hydrogen) atoms. The number of hydrogen-bond donors (Lipinski definition) is 1. The van der Waals surface area contributed by atoms with Crippen LogP contribution < -0.4 is 0 Å². The Balaban J connectivity index is 1.28. The van der Waals surface area contributed by atoms with E-state index in [0.717, 1.165) is 16.7 Å². The first-order valence-corrected chi connectivity index (χ1v) is 29.5. The molecule has 4 aromatic rings. The molecule has 0 saturated carbocycles. The lowest BCUT2D eigenvalue weighted by Gasteiger charge is -2.54. The smallest absolute Gasteiger partial charge is 0.305 e. The van der Waals surface area contributed by atoms with Crippen LogP contribution in [-0.4, -0.2) is 146 Å². The summed E-state index contributed by atoms with van der Waals surface area (Å²) in [6.45, 7) is 7.56. The van der Waals surface area contributed by atoms with E-state index < -0.39 is 134 Å². The summed E-state index contributed by atoms with van der Waals surface area (Å²) < 4.78 is 86.5. The maximum Gasteiger partial charge on any atom is 0.305 e. The van der Waals surface area contributed by atoms with Crippen molar-refractivity contribution >= 4 is 11.9 Å². The Bertz CT molecular complexity index is 3080. The minimum Gasteiger partial charge on any atom is -0.469 e. The first-order chi connectivity index (χ1) is 43.2. The van der Waals surface area contributed by atoms with Gasteiger partial charge in [0.05, 0.1) is 88.2 Å². The van der Waals surface area contributed by atoms with Crippen LogP contribution in [0.2, 0.25) is 0 Å². The molecular weight excluding hydrogens is 1160 g/mol. The van der Waals surface area contributed by atoms with Gasteiger partial charge in [0.2, 0.25) is 5.79 Å². The van der Waals surface area contributed by atoms with Crippen molar-refractivity contribution in [3.8, 4) is 0 Å². The van der Waals surface area contributed by atoms with Crippen molar-refractivity contribution in [1.82, 2.24) is 0 Å². The lowest BCUT2D eigenvalue weighted by molar-refractivity contribution is -0.417. The molecule has 1 N–H and O–H groups in total. The summed E-state index contributed by atoms with van der Waals surface area (Å²) in [4.78, 5) is 38.7. The molecule has 4 aromatic carbocycles. The lowest BCUT2D eigenvalue weighted by Crippen LogP contribution is -2.70. The maximum absolute atomic E-state index is 13.7. The minimum atomic E-state index is -2.12. The number of hydrogen-bond acceptors (Lipinski definition) is 20. The highest BCUT2D eigenvalue weighted by Gasteiger charge is 2.62. The monoisotopic (exact) mass is 1230 g/mol. The van der Waals surface area contributed by atoms with E-state index in [9.17, 15) is 36.8 Å². The van der Waals surface area contributed by atoms with Gasteiger partial charge in [-0.2, -0.15) is 0 Å². The molecular formula is C61H76N12O16. The predicted molar refractivity (Wildman–Crippen MR) is 316 cm³/mol. The summed E-state index contributed by atoms with van der Waals surface area (Å²) >= 11 is 0. The number of unbranched alkanes of at least 4 members (excludes halogenated alkanes) is 2. The molecule has 4 fully saturated rings. The Kier molecular flexibility index (Phi) is 25.3. The van der Waals surface area contributed by atoms with Crippen LogP contribution in [0.4, 0.5) is 0 Å². The molecule has 4 heterocycles. The van der Waals surface area contributed by atoms with Gasteiger partial charge in [0.25, 0.3) is 0 Å². The second-order valence-corrected chi connectivity index (χ2v) is 22.1. The van der Waals surface area contributed by atoms with Gasteiger partial charge in [-0.3, -0.25) is 9.59 Å². The zero-order valence-electron chi connectivity index (χ0n) is 50.3. The molecule has 0 spiro atoms. The molecule has 0 amide bonds. The molecule has 476 valence electrons. The number of benzene rings is 4. The predicted octanol–water partition coefficient (Wildman–Crippen LogP) is 10.6. The fourth-order valence-corrected chi connectivity index (χ4v) is 11.6. The maximum atomic E-state index is 13.7. The van der Waals surface area contributed by atoms with Gasteiger partial charge in [0.15, 0.2) is 25.0 Å². The third kappa shape index (κ3) is 17.7. The van der Waals surface area contributed by atoms with Crippen molar-refractivity contribution in [2.24, 2.45) is 20.5 Å². The van der Waals surface area contributed by atoms with Crippen molar-refractivity contribution in [2.75, 3.05) is 7.11 Å². The summed E-state index contributed by atoms with van der Waals surface area (Å²) in [5.74, 6) is -3.34. The zero-order valence-corrected chi connectivity index (χ0v) is 50.3. The number of azide groups is 4. The SMILES string of the molecule is COC(=O)CCCCC[C@]1(O[C@@H]2[C@@H](O[C@@H]3[C@@H](O[C@H]4O[C@H](C)[C@@H](N=[N+]=[N-])[C@H](OCc5ccccc5)[C@@H]4O)O[C@H](C)[C@@H](N=[N+]=[N-])[C@@H]3OCc3ccccc3)O[C@H](C)[C@@H](N=[N+]=[N-])[C@@H]2OCc2ccccc2)O[C@H](C)[C@@H](N=[N+]=[N-])[C@H](OCc2ccccc2)[C@@H]1OC(C)=O. The van der Waals surface area contributed by atoms with Crippen LogP contribution in [0.3, 0.4) is 0 Å². The Labute approximate surface area is 514 Å². The quantitative estimate of drug-likeness (QED) is 0.0173. The Morgan fingerprint density at radius 1 is 0.506 bits per heavy atom. The number of aliphatic hydroxyl groups is 1. The molecule has 4 saturated heterocycles. The molecule has 0 bridgehead atoms. The van der Waals surface area contributed by atoms with Crippen LogP contribution in [0.15, 0.2) is 142 Å². The van der Waals surface area contributed by atoms with E-state index in [-0.39, 0.29) is 45.7 Å². The molecule has 20 atom stereocenters. The van der Waals surface area contributed by atoms with Crippen LogP contribution in [0.25, 0.3) is 41.8 Å². The molecule has 4 aliphatic heterocycles. The van der Waals surface area contributed by atoms with E-state index >= 15 is 0 Å². The van der Waals surface area contributed by atoms with Gasteiger partial charge >= 0.3 is 11.9 Å². The summed E-state index contributed by atoms with van der Waals surface area (Å²) in [7, 11) is 1.30. The van der Waals surface area contributed by atoms with Gasteiger partial charge in [-0.1, -0.05) is 148 Å². The number of rotatable bonds is 29. The van der Waals surface area contributed by atoms with Gasteiger partial charge in [0, 0.05) is 39.4 Å². The number of carbonyl (C=O) groups excluding carboxylic acids is 2. The second-order valence-electron chi connectivity index (χ2n) is 22.1. The molecule has 0 radical (unpaired) electrons. The number of methoxy groups -OCH3 is 1.